The van der Waals surface area contributed by atoms with Crippen molar-refractivity contribution in [3.05, 3.63) is 59.8 Å². The normalized spacial score (nSPS) is 20.9. The van der Waals surface area contributed by atoms with Gasteiger partial charge in [-0.15, -0.1) is 0 Å². The van der Waals surface area contributed by atoms with Crippen LogP contribution >= 0.6 is 0 Å². The van der Waals surface area contributed by atoms with E-state index in [2.05, 4.69) is 67.3 Å². The first-order valence-corrected chi connectivity index (χ1v) is 20.3. The maximum absolute atomic E-state index is 12.7. The molecule has 1 aromatic carbocycles. The van der Waals surface area contributed by atoms with Crippen molar-refractivity contribution >= 4 is 24.3 Å². The van der Waals surface area contributed by atoms with Gasteiger partial charge in [-0.3, -0.25) is 4.79 Å². The van der Waals surface area contributed by atoms with Crippen molar-refractivity contribution in [1.82, 2.24) is 19.0 Å². The lowest BCUT2D eigenvalue weighted by molar-refractivity contribution is -0.151. The first-order chi connectivity index (χ1) is 21.3. The van der Waals surface area contributed by atoms with E-state index in [0.29, 0.717) is 25.4 Å². The van der Waals surface area contributed by atoms with Gasteiger partial charge in [-0.2, -0.15) is 0 Å². The highest BCUT2D eigenvalue weighted by Crippen LogP contribution is 2.52. The van der Waals surface area contributed by atoms with E-state index in [1.54, 1.807) is 27.0 Å². The maximum atomic E-state index is 12.7. The van der Waals surface area contributed by atoms with Gasteiger partial charge in [-0.05, 0) is 81.9 Å². The van der Waals surface area contributed by atoms with E-state index in [1.165, 1.54) is 4.31 Å². The second-order valence-electron chi connectivity index (χ2n) is 15.0. The summed E-state index contributed by atoms with van der Waals surface area (Å²) in [6.07, 6.45) is 3.60. The number of benzene rings is 1. The van der Waals surface area contributed by atoms with Crippen LogP contribution in [0.25, 0.3) is 11.3 Å². The van der Waals surface area contributed by atoms with E-state index in [-0.39, 0.29) is 28.9 Å². The Hall–Kier alpha value is -3.24. The molecule has 5 rings (SSSR count). The van der Waals surface area contributed by atoms with E-state index in [0.717, 1.165) is 22.6 Å². The second kappa shape index (κ2) is 12.4. The van der Waals surface area contributed by atoms with Gasteiger partial charge >= 0.3 is 5.97 Å². The molecule has 46 heavy (non-hydrogen) atoms. The number of carbonyl (C=O) groups is 1. The third-order valence-corrected chi connectivity index (χ3v) is 15.3. The molecule has 1 aliphatic heterocycles. The van der Waals surface area contributed by atoms with Crippen molar-refractivity contribution in [3.63, 3.8) is 0 Å². The first-order valence-electron chi connectivity index (χ1n) is 15.8. The molecule has 12 heteroatoms. The van der Waals surface area contributed by atoms with Crippen LogP contribution in [0.5, 0.6) is 0 Å². The third-order valence-electron chi connectivity index (χ3n) is 9.11. The third kappa shape index (κ3) is 7.82. The van der Waals surface area contributed by atoms with E-state index in [9.17, 15) is 13.2 Å². The molecule has 1 unspecified atom stereocenters. The average molecular weight is 667 g/mol. The van der Waals surface area contributed by atoms with Crippen LogP contribution in [0.1, 0.15) is 71.7 Å². The van der Waals surface area contributed by atoms with Crippen LogP contribution in [-0.2, 0) is 30.5 Å². The Balaban J connectivity index is 1.14. The monoisotopic (exact) mass is 666 g/mol. The lowest BCUT2D eigenvalue weighted by Crippen LogP contribution is -2.41. The molecule has 2 aliphatic rings. The van der Waals surface area contributed by atoms with Gasteiger partial charge in [0.2, 0.25) is 10.0 Å². The van der Waals surface area contributed by atoms with Crippen molar-refractivity contribution < 1.29 is 26.9 Å². The fourth-order valence-electron chi connectivity index (χ4n) is 5.61. The highest BCUT2D eigenvalue weighted by Gasteiger charge is 2.57. The number of esters is 1. The first kappa shape index (κ1) is 34.1. The van der Waals surface area contributed by atoms with Gasteiger partial charge in [0.1, 0.15) is 23.2 Å². The zero-order chi connectivity index (χ0) is 33.7. The number of carbonyl (C=O) groups excluding carboxylic acids is 1. The van der Waals surface area contributed by atoms with Gasteiger partial charge in [0, 0.05) is 48.6 Å². The average Bonchev–Trinajstić information content (AvgIpc) is 3.41. The summed E-state index contributed by atoms with van der Waals surface area (Å²) in [7, 11) is -5.65. The summed E-state index contributed by atoms with van der Waals surface area (Å²) >= 11 is 0. The molecule has 0 radical (unpaired) electrons. The predicted octanol–water partition coefficient (Wildman–Crippen LogP) is 5.87. The molecule has 10 nitrogen and oxygen atoms in total. The van der Waals surface area contributed by atoms with Crippen molar-refractivity contribution in [3.8, 4) is 23.2 Å². The topological polar surface area (TPSA) is 117 Å². The van der Waals surface area contributed by atoms with Crippen molar-refractivity contribution in [1.29, 1.82) is 0 Å². The highest BCUT2D eigenvalue weighted by molar-refractivity contribution is 7.89. The summed E-state index contributed by atoms with van der Waals surface area (Å²) in [6, 6.07) is 9.77. The lowest BCUT2D eigenvalue weighted by atomic mass is 10.1. The Morgan fingerprint density at radius 2 is 1.76 bits per heavy atom. The maximum Gasteiger partial charge on any atom is 0.323 e. The molecule has 248 valence electrons. The SMILES string of the molecule is C[C@H](O[Si](C)(C)C(C)(C)C)c1nccn1Cc1cc(-c2ccc(C#CC3[C@H]4CN(S(=O)(=O)CC(=O)OC(C)(C)C)C[C@@H]34)cc2)on1. The van der Waals surface area contributed by atoms with Crippen LogP contribution in [0.2, 0.25) is 18.1 Å². The molecule has 0 N–H and O–H groups in total. The Bertz CT molecular complexity index is 1730. The summed E-state index contributed by atoms with van der Waals surface area (Å²) in [5.41, 5.74) is 1.85. The van der Waals surface area contributed by atoms with Crippen molar-refractivity contribution in [2.45, 2.75) is 84.8 Å². The number of aromatic nitrogens is 3. The molecule has 2 fully saturated rings. The molecule has 4 atom stereocenters. The molecular weight excluding hydrogens is 621 g/mol. The number of sulfonamides is 1. The zero-order valence-electron chi connectivity index (χ0n) is 28.3. The summed E-state index contributed by atoms with van der Waals surface area (Å²) in [4.78, 5) is 16.6. The second-order valence-corrected chi connectivity index (χ2v) is 21.7. The number of rotatable bonds is 9. The molecule has 3 aromatic rings. The van der Waals surface area contributed by atoms with Gasteiger partial charge in [0.15, 0.2) is 19.8 Å². The minimum absolute atomic E-state index is 0.108. The quantitative estimate of drug-likeness (QED) is 0.158. The lowest BCUT2D eigenvalue weighted by Gasteiger charge is -2.38. The minimum atomic E-state index is -3.70. The van der Waals surface area contributed by atoms with E-state index < -0.39 is 35.7 Å². The van der Waals surface area contributed by atoms with Gasteiger partial charge in [-0.1, -0.05) is 37.8 Å². The van der Waals surface area contributed by atoms with Crippen LogP contribution in [-0.4, -0.2) is 66.2 Å². The highest BCUT2D eigenvalue weighted by atomic mass is 32.2. The van der Waals surface area contributed by atoms with E-state index >= 15 is 0 Å². The zero-order valence-corrected chi connectivity index (χ0v) is 30.1. The van der Waals surface area contributed by atoms with Crippen LogP contribution in [0.15, 0.2) is 47.2 Å². The fraction of sp³-hybridized carbons (Fsp3) is 0.559. The smallest absolute Gasteiger partial charge is 0.323 e. The number of imidazole rings is 1. The standard InChI is InChI=1S/C34H46N4O6SSi/c1-23(44-46(8,9)34(5,6)7)32-35-16-17-37(32)19-26-18-30(43-36-26)25-13-10-24(11-14-25)12-15-27-28-20-38(21-29(27)28)45(40,41)22-31(39)42-33(2,3)4/h10-11,13-14,16-18,23,27-29H,19-22H2,1-9H3/t23-,27?,28-,29+/m0/s1. The number of piperidine rings is 1. The van der Waals surface area contributed by atoms with Crippen molar-refractivity contribution in [2.75, 3.05) is 18.8 Å². The van der Waals surface area contributed by atoms with Gasteiger partial charge in [-0.25, -0.2) is 17.7 Å². The van der Waals surface area contributed by atoms with E-state index in [1.807, 2.05) is 36.5 Å². The van der Waals surface area contributed by atoms with Crippen LogP contribution < -0.4 is 0 Å². The van der Waals surface area contributed by atoms with Gasteiger partial charge in [0.25, 0.3) is 0 Å². The Kier molecular flexibility index (Phi) is 9.20. The molecule has 2 aromatic heterocycles. The molecule has 3 heterocycles. The van der Waals surface area contributed by atoms with Crippen LogP contribution in [0, 0.1) is 29.6 Å². The van der Waals surface area contributed by atoms with Crippen LogP contribution in [0.4, 0.5) is 0 Å². The minimum Gasteiger partial charge on any atom is -0.459 e. The number of hydrogen-bond acceptors (Lipinski definition) is 8. The molecule has 1 saturated heterocycles. The van der Waals surface area contributed by atoms with Gasteiger partial charge in [0.05, 0.1) is 6.54 Å². The molecule has 0 bridgehead atoms. The summed E-state index contributed by atoms with van der Waals surface area (Å²) in [5, 5.41) is 4.41. The number of hydrogen-bond donors (Lipinski definition) is 0. The fourth-order valence-corrected chi connectivity index (χ4v) is 8.29. The molecule has 0 amide bonds. The van der Waals surface area contributed by atoms with E-state index in [4.69, 9.17) is 13.7 Å². The van der Waals surface area contributed by atoms with Crippen molar-refractivity contribution in [2.24, 2.45) is 17.8 Å². The largest absolute Gasteiger partial charge is 0.459 e. The predicted molar refractivity (Wildman–Crippen MR) is 179 cm³/mol. The Labute approximate surface area is 274 Å². The molecule has 1 saturated carbocycles. The Morgan fingerprint density at radius 3 is 2.37 bits per heavy atom. The summed E-state index contributed by atoms with van der Waals surface area (Å²) < 4.78 is 46.3. The molecular formula is C34H46N4O6SSi. The van der Waals surface area contributed by atoms with Crippen LogP contribution in [0.3, 0.4) is 0 Å². The number of nitrogens with zero attached hydrogens (tertiary/aromatic N) is 4. The molecule has 1 aliphatic carbocycles. The summed E-state index contributed by atoms with van der Waals surface area (Å²) in [6.45, 7) is 19.7. The Morgan fingerprint density at radius 1 is 1.11 bits per heavy atom. The summed E-state index contributed by atoms with van der Waals surface area (Å²) in [5.74, 6) is 7.32. The number of ether oxygens (including phenoxy) is 1. The number of fused-ring (bicyclic) bond motifs is 1. The molecule has 0 spiro atoms. The van der Waals surface area contributed by atoms with Gasteiger partial charge < -0.3 is 18.3 Å².